The summed E-state index contributed by atoms with van der Waals surface area (Å²) in [5, 5.41) is 0.617. The Morgan fingerprint density at radius 3 is 2.61 bits per heavy atom. The van der Waals surface area contributed by atoms with E-state index in [1.165, 1.54) is 12.0 Å². The maximum atomic E-state index is 13.4. The van der Waals surface area contributed by atoms with E-state index in [0.29, 0.717) is 28.2 Å². The average Bonchev–Trinajstić information content (AvgIpc) is 3.43. The Morgan fingerprint density at radius 1 is 1.13 bits per heavy atom. The molecule has 0 aliphatic carbocycles. The minimum absolute atomic E-state index is 0.0600. The lowest BCUT2D eigenvalue weighted by molar-refractivity contribution is 0.0605. The molecule has 4 aromatic rings. The first-order chi connectivity index (χ1) is 14.9. The second-order valence-electron chi connectivity index (χ2n) is 7.10. The molecule has 1 aliphatic heterocycles. The van der Waals surface area contributed by atoms with Crippen LogP contribution >= 0.6 is 11.3 Å². The van der Waals surface area contributed by atoms with Crippen LogP contribution in [0, 0.1) is 13.8 Å². The van der Waals surface area contributed by atoms with E-state index in [0.717, 1.165) is 11.3 Å². The van der Waals surface area contributed by atoms with Crippen LogP contribution in [0.4, 0.5) is 5.13 Å². The van der Waals surface area contributed by atoms with Crippen molar-refractivity contribution < 1.29 is 23.2 Å². The van der Waals surface area contributed by atoms with Gasteiger partial charge in [0, 0.05) is 0 Å². The largest absolute Gasteiger partial charge is 0.465 e. The van der Waals surface area contributed by atoms with Gasteiger partial charge < -0.3 is 13.6 Å². The Bertz CT molecular complexity index is 1430. The maximum absolute atomic E-state index is 13.4. The third kappa shape index (κ3) is 2.81. The van der Waals surface area contributed by atoms with Crippen LogP contribution in [0.1, 0.15) is 49.0 Å². The summed E-state index contributed by atoms with van der Waals surface area (Å²) in [6, 6.07) is 9.36. The summed E-state index contributed by atoms with van der Waals surface area (Å²) in [4.78, 5) is 45.0. The first-order valence-electron chi connectivity index (χ1n) is 9.42. The van der Waals surface area contributed by atoms with E-state index in [-0.39, 0.29) is 26.8 Å². The van der Waals surface area contributed by atoms with Crippen molar-refractivity contribution in [3.63, 3.8) is 0 Å². The number of nitrogens with zero attached hydrogens (tertiary/aromatic N) is 2. The number of aromatic nitrogens is 1. The molecule has 0 unspecified atom stereocenters. The lowest BCUT2D eigenvalue weighted by Gasteiger charge is -2.20. The lowest BCUT2D eigenvalue weighted by atomic mass is 10.0. The molecule has 0 saturated heterocycles. The number of hydrogen-bond donors (Lipinski definition) is 0. The molecule has 0 saturated carbocycles. The van der Waals surface area contributed by atoms with Crippen LogP contribution < -0.4 is 10.3 Å². The van der Waals surface area contributed by atoms with Gasteiger partial charge in [-0.2, -0.15) is 0 Å². The van der Waals surface area contributed by atoms with Gasteiger partial charge in [0.2, 0.25) is 5.76 Å². The number of para-hydroxylation sites is 1. The molecular formula is C22H16N2O6S. The molecule has 1 atom stereocenters. The first kappa shape index (κ1) is 19.3. The van der Waals surface area contributed by atoms with E-state index in [9.17, 15) is 14.4 Å². The monoisotopic (exact) mass is 436 g/mol. The number of rotatable bonds is 3. The van der Waals surface area contributed by atoms with Gasteiger partial charge in [-0.3, -0.25) is 14.5 Å². The van der Waals surface area contributed by atoms with E-state index in [4.69, 9.17) is 13.6 Å². The summed E-state index contributed by atoms with van der Waals surface area (Å²) in [5.41, 5.74) is 0.620. The van der Waals surface area contributed by atoms with Crippen molar-refractivity contribution in [2.75, 3.05) is 12.0 Å². The fourth-order valence-electron chi connectivity index (χ4n) is 3.75. The molecule has 8 nitrogen and oxygen atoms in total. The Hall–Kier alpha value is -3.72. The Kier molecular flexibility index (Phi) is 4.30. The summed E-state index contributed by atoms with van der Waals surface area (Å²) in [6.07, 6.45) is 0. The van der Waals surface area contributed by atoms with Gasteiger partial charge in [0.1, 0.15) is 28.0 Å². The van der Waals surface area contributed by atoms with Crippen molar-refractivity contribution in [2.45, 2.75) is 19.9 Å². The second kappa shape index (κ2) is 6.92. The van der Waals surface area contributed by atoms with E-state index in [2.05, 4.69) is 4.98 Å². The number of thiazole rings is 1. The average molecular weight is 436 g/mol. The molecule has 31 heavy (non-hydrogen) atoms. The van der Waals surface area contributed by atoms with E-state index in [1.54, 1.807) is 50.2 Å². The number of aryl methyl sites for hydroxylation is 2. The third-order valence-corrected chi connectivity index (χ3v) is 6.31. The molecule has 156 valence electrons. The normalized spacial score (nSPS) is 15.5. The molecule has 0 fully saturated rings. The van der Waals surface area contributed by atoms with E-state index >= 15 is 0 Å². The predicted molar refractivity (Wildman–Crippen MR) is 113 cm³/mol. The lowest BCUT2D eigenvalue weighted by Crippen LogP contribution is -2.29. The summed E-state index contributed by atoms with van der Waals surface area (Å²) >= 11 is 1.01. The number of ether oxygens (including phenoxy) is 1. The van der Waals surface area contributed by atoms with Crippen molar-refractivity contribution in [3.8, 4) is 0 Å². The highest BCUT2D eigenvalue weighted by molar-refractivity contribution is 7.17. The first-order valence-corrected chi connectivity index (χ1v) is 10.2. The van der Waals surface area contributed by atoms with Gasteiger partial charge in [-0.1, -0.05) is 23.5 Å². The number of carbonyl (C=O) groups excluding carboxylic acids is 2. The second-order valence-corrected chi connectivity index (χ2v) is 8.08. The van der Waals surface area contributed by atoms with Gasteiger partial charge >= 0.3 is 5.97 Å². The topological polar surface area (TPSA) is 103 Å². The van der Waals surface area contributed by atoms with Crippen molar-refractivity contribution in [1.29, 1.82) is 0 Å². The Morgan fingerprint density at radius 2 is 1.90 bits per heavy atom. The van der Waals surface area contributed by atoms with Crippen molar-refractivity contribution in [2.24, 2.45) is 0 Å². The number of esters is 1. The summed E-state index contributed by atoms with van der Waals surface area (Å²) in [5.74, 6) is -0.0979. The molecule has 0 spiro atoms. The van der Waals surface area contributed by atoms with Crippen LogP contribution in [0.5, 0.6) is 0 Å². The minimum atomic E-state index is -0.867. The number of methoxy groups -OCH3 is 1. The van der Waals surface area contributed by atoms with Crippen LogP contribution in [0.3, 0.4) is 0 Å². The number of amides is 1. The fraction of sp³-hybridized carbons (Fsp3) is 0.182. The maximum Gasteiger partial charge on any atom is 0.350 e. The van der Waals surface area contributed by atoms with Crippen LogP contribution in [0.15, 0.2) is 50.0 Å². The van der Waals surface area contributed by atoms with Crippen LogP contribution in [0.25, 0.3) is 11.0 Å². The molecule has 9 heteroatoms. The van der Waals surface area contributed by atoms with Crippen molar-refractivity contribution in [3.05, 3.63) is 80.0 Å². The molecular weight excluding hydrogens is 420 g/mol. The number of hydrogen-bond acceptors (Lipinski definition) is 8. The highest BCUT2D eigenvalue weighted by Gasteiger charge is 2.46. The van der Waals surface area contributed by atoms with Crippen LogP contribution in [-0.2, 0) is 4.74 Å². The van der Waals surface area contributed by atoms with Gasteiger partial charge in [-0.25, -0.2) is 9.78 Å². The molecule has 1 amide bonds. The predicted octanol–water partition coefficient (Wildman–Crippen LogP) is 4.00. The zero-order valence-electron chi connectivity index (χ0n) is 16.8. The number of carbonyl (C=O) groups is 2. The summed E-state index contributed by atoms with van der Waals surface area (Å²) < 4.78 is 16.5. The Balaban J connectivity index is 1.77. The minimum Gasteiger partial charge on any atom is -0.465 e. The zero-order valence-corrected chi connectivity index (χ0v) is 17.6. The van der Waals surface area contributed by atoms with E-state index in [1.807, 2.05) is 0 Å². The summed E-state index contributed by atoms with van der Waals surface area (Å²) in [6.45, 7) is 3.43. The molecule has 0 N–H and O–H groups in total. The van der Waals surface area contributed by atoms with Gasteiger partial charge in [-0.05, 0) is 38.1 Å². The smallest absolute Gasteiger partial charge is 0.350 e. The molecule has 4 heterocycles. The Labute approximate surface area is 179 Å². The van der Waals surface area contributed by atoms with Gasteiger partial charge in [0.15, 0.2) is 10.6 Å². The molecule has 1 aromatic carbocycles. The SMILES string of the molecule is COC(=O)c1sc(N2C(=O)c3oc4ccccc4c(=O)c3[C@@H]2c2ccc(C)o2)nc1C. The standard InChI is InChI=1S/C22H16N2O6S/c1-10-8-9-14(29-10)16-15-17(25)12-6-4-5-7-13(12)30-18(15)20(26)24(16)22-23-11(2)19(31-22)21(27)28-3/h4-9,16H,1-3H3/t16-/m0/s1. The quantitative estimate of drug-likeness (QED) is 0.447. The molecule has 5 rings (SSSR count). The van der Waals surface area contributed by atoms with Crippen molar-refractivity contribution >= 4 is 39.3 Å². The van der Waals surface area contributed by atoms with E-state index < -0.39 is 17.9 Å². The summed E-state index contributed by atoms with van der Waals surface area (Å²) in [7, 11) is 1.28. The number of fused-ring (bicyclic) bond motifs is 2. The van der Waals surface area contributed by atoms with Crippen LogP contribution in [-0.4, -0.2) is 24.0 Å². The van der Waals surface area contributed by atoms with Crippen molar-refractivity contribution in [1.82, 2.24) is 4.98 Å². The van der Waals surface area contributed by atoms with Gasteiger partial charge in [0.05, 0.1) is 23.8 Å². The molecule has 3 aromatic heterocycles. The molecule has 0 bridgehead atoms. The van der Waals surface area contributed by atoms with Gasteiger partial charge in [0.25, 0.3) is 5.91 Å². The zero-order chi connectivity index (χ0) is 21.9. The number of anilines is 1. The molecule has 1 aliphatic rings. The number of furan rings is 1. The third-order valence-electron chi connectivity index (χ3n) is 5.17. The molecule has 0 radical (unpaired) electrons. The highest BCUT2D eigenvalue weighted by Crippen LogP contribution is 2.43. The highest BCUT2D eigenvalue weighted by atomic mass is 32.1. The van der Waals surface area contributed by atoms with Gasteiger partial charge in [-0.15, -0.1) is 0 Å². The fourth-order valence-corrected chi connectivity index (χ4v) is 4.77. The number of benzene rings is 1. The van der Waals surface area contributed by atoms with Crippen LogP contribution in [0.2, 0.25) is 0 Å².